The van der Waals surface area contributed by atoms with E-state index in [0.29, 0.717) is 45.5 Å². The van der Waals surface area contributed by atoms with Gasteiger partial charge in [0.15, 0.2) is 5.15 Å². The predicted octanol–water partition coefficient (Wildman–Crippen LogP) is 2.36. The molecule has 21 heavy (non-hydrogen) atoms. The molecule has 0 aliphatic rings. The highest BCUT2D eigenvalue weighted by atomic mass is 35.5. The Bertz CT molecular complexity index is 369. The second-order valence-electron chi connectivity index (χ2n) is 4.19. The van der Waals surface area contributed by atoms with Crippen LogP contribution in [0.4, 0.5) is 0 Å². The molecule has 1 aromatic rings. The molecule has 1 rings (SSSR count). The van der Waals surface area contributed by atoms with Crippen LogP contribution >= 0.6 is 11.6 Å². The maximum Gasteiger partial charge on any atom is 0.252 e. The summed E-state index contributed by atoms with van der Waals surface area (Å²) in [6, 6.07) is 0. The zero-order valence-electron chi connectivity index (χ0n) is 12.4. The lowest BCUT2D eigenvalue weighted by atomic mass is 10.4. The molecule has 6 nitrogen and oxygen atoms in total. The number of halogens is 1. The maximum absolute atomic E-state index is 5.80. The number of ether oxygens (including phenoxy) is 4. The Labute approximate surface area is 130 Å². The first kappa shape index (κ1) is 18.1. The van der Waals surface area contributed by atoms with Crippen molar-refractivity contribution in [1.29, 1.82) is 0 Å². The van der Waals surface area contributed by atoms with E-state index in [0.717, 1.165) is 19.4 Å². The van der Waals surface area contributed by atoms with Crippen molar-refractivity contribution in [2.45, 2.75) is 19.8 Å². The standard InChI is InChI=1S/C14H23ClN2O4/c1-2-3-6-18-7-8-19-9-10-20-11-12-21-14-13(15)16-4-5-17-14/h4-5H,2-3,6-12H2,1H3. The monoisotopic (exact) mass is 318 g/mol. The smallest absolute Gasteiger partial charge is 0.252 e. The van der Waals surface area contributed by atoms with E-state index in [4.69, 9.17) is 30.5 Å². The highest BCUT2D eigenvalue weighted by Gasteiger charge is 2.02. The molecular weight excluding hydrogens is 296 g/mol. The van der Waals surface area contributed by atoms with Crippen molar-refractivity contribution in [2.24, 2.45) is 0 Å². The van der Waals surface area contributed by atoms with Crippen molar-refractivity contribution in [3.8, 4) is 5.88 Å². The minimum absolute atomic E-state index is 0.254. The van der Waals surface area contributed by atoms with Crippen LogP contribution in [-0.2, 0) is 14.2 Å². The maximum atomic E-state index is 5.80. The predicted molar refractivity (Wildman–Crippen MR) is 79.9 cm³/mol. The van der Waals surface area contributed by atoms with E-state index in [9.17, 15) is 0 Å². The van der Waals surface area contributed by atoms with Crippen molar-refractivity contribution >= 4 is 11.6 Å². The summed E-state index contributed by atoms with van der Waals surface area (Å²) in [5, 5.41) is 0.254. The molecule has 0 spiro atoms. The van der Waals surface area contributed by atoms with E-state index in [1.165, 1.54) is 12.4 Å². The molecule has 0 radical (unpaired) electrons. The van der Waals surface area contributed by atoms with Crippen molar-refractivity contribution in [3.05, 3.63) is 17.5 Å². The number of nitrogens with zero attached hydrogens (tertiary/aromatic N) is 2. The van der Waals surface area contributed by atoms with Crippen LogP contribution in [0, 0.1) is 0 Å². The van der Waals surface area contributed by atoms with Crippen molar-refractivity contribution in [3.63, 3.8) is 0 Å². The van der Waals surface area contributed by atoms with Gasteiger partial charge < -0.3 is 18.9 Å². The fraction of sp³-hybridized carbons (Fsp3) is 0.714. The summed E-state index contributed by atoms with van der Waals surface area (Å²) < 4.78 is 21.4. The molecule has 1 heterocycles. The molecule has 0 aliphatic carbocycles. The largest absolute Gasteiger partial charge is 0.473 e. The number of hydrogen-bond acceptors (Lipinski definition) is 6. The van der Waals surface area contributed by atoms with Gasteiger partial charge >= 0.3 is 0 Å². The third-order valence-corrected chi connectivity index (χ3v) is 2.73. The summed E-state index contributed by atoms with van der Waals surface area (Å²) in [6.45, 7) is 6.06. The van der Waals surface area contributed by atoms with Gasteiger partial charge in [-0.15, -0.1) is 0 Å². The molecular formula is C14H23ClN2O4. The van der Waals surface area contributed by atoms with Crippen LogP contribution in [0.5, 0.6) is 5.88 Å². The molecule has 1 aromatic heterocycles. The molecule has 0 saturated carbocycles. The van der Waals surface area contributed by atoms with E-state index in [2.05, 4.69) is 16.9 Å². The number of unbranched alkanes of at least 4 members (excludes halogenated alkanes) is 1. The van der Waals surface area contributed by atoms with Crippen molar-refractivity contribution in [2.75, 3.05) is 46.2 Å². The molecule has 0 N–H and O–H groups in total. The van der Waals surface area contributed by atoms with Crippen LogP contribution in [0.25, 0.3) is 0 Å². The number of aromatic nitrogens is 2. The van der Waals surface area contributed by atoms with E-state index in [1.807, 2.05) is 0 Å². The van der Waals surface area contributed by atoms with Crippen LogP contribution in [-0.4, -0.2) is 56.2 Å². The first-order chi connectivity index (χ1) is 10.3. The van der Waals surface area contributed by atoms with Crippen LogP contribution in [0.3, 0.4) is 0 Å². The van der Waals surface area contributed by atoms with Crippen LogP contribution in [0.15, 0.2) is 12.4 Å². The molecule has 120 valence electrons. The van der Waals surface area contributed by atoms with Crippen molar-refractivity contribution in [1.82, 2.24) is 9.97 Å². The Hall–Kier alpha value is -0.950. The molecule has 7 heteroatoms. The molecule has 0 unspecified atom stereocenters. The lowest BCUT2D eigenvalue weighted by Crippen LogP contribution is -2.13. The molecule has 0 saturated heterocycles. The molecule has 0 amide bonds. The quantitative estimate of drug-likeness (QED) is 0.520. The van der Waals surface area contributed by atoms with Crippen LogP contribution in [0.2, 0.25) is 5.15 Å². The molecule has 0 aromatic carbocycles. The van der Waals surface area contributed by atoms with E-state index < -0.39 is 0 Å². The lowest BCUT2D eigenvalue weighted by Gasteiger charge is -2.08. The topological polar surface area (TPSA) is 62.7 Å². The van der Waals surface area contributed by atoms with Gasteiger partial charge in [0.1, 0.15) is 6.61 Å². The number of rotatable bonds is 13. The van der Waals surface area contributed by atoms with Crippen LogP contribution < -0.4 is 4.74 Å². The van der Waals surface area contributed by atoms with Crippen molar-refractivity contribution < 1.29 is 18.9 Å². The highest BCUT2D eigenvalue weighted by molar-refractivity contribution is 6.30. The third-order valence-electron chi connectivity index (χ3n) is 2.48. The van der Waals surface area contributed by atoms with E-state index >= 15 is 0 Å². The SMILES string of the molecule is CCCCOCCOCCOCCOc1nccnc1Cl. The fourth-order valence-corrected chi connectivity index (χ4v) is 1.55. The zero-order valence-corrected chi connectivity index (χ0v) is 13.2. The Morgan fingerprint density at radius 1 is 0.857 bits per heavy atom. The average molecular weight is 319 g/mol. The van der Waals surface area contributed by atoms with Gasteiger partial charge in [-0.2, -0.15) is 0 Å². The Balaban J connectivity index is 1.84. The highest BCUT2D eigenvalue weighted by Crippen LogP contribution is 2.16. The Morgan fingerprint density at radius 3 is 2.05 bits per heavy atom. The van der Waals surface area contributed by atoms with E-state index in [-0.39, 0.29) is 5.15 Å². The normalized spacial score (nSPS) is 10.8. The van der Waals surface area contributed by atoms with Gasteiger partial charge in [-0.05, 0) is 6.42 Å². The first-order valence-electron chi connectivity index (χ1n) is 7.17. The zero-order chi connectivity index (χ0) is 15.2. The van der Waals surface area contributed by atoms with Gasteiger partial charge in [0.2, 0.25) is 0 Å². The average Bonchev–Trinajstić information content (AvgIpc) is 2.50. The molecule has 0 aliphatic heterocycles. The summed E-state index contributed by atoms with van der Waals surface area (Å²) in [4.78, 5) is 7.82. The van der Waals surface area contributed by atoms with Gasteiger partial charge in [0.05, 0.1) is 33.0 Å². The van der Waals surface area contributed by atoms with Gasteiger partial charge in [0, 0.05) is 19.0 Å². The summed E-state index contributed by atoms with van der Waals surface area (Å²) in [5.41, 5.74) is 0. The lowest BCUT2D eigenvalue weighted by molar-refractivity contribution is 0.00870. The Morgan fingerprint density at radius 2 is 1.43 bits per heavy atom. The van der Waals surface area contributed by atoms with E-state index in [1.54, 1.807) is 0 Å². The van der Waals surface area contributed by atoms with Gasteiger partial charge in [-0.3, -0.25) is 0 Å². The molecule has 0 bridgehead atoms. The van der Waals surface area contributed by atoms with Crippen LogP contribution in [0.1, 0.15) is 19.8 Å². The summed E-state index contributed by atoms with van der Waals surface area (Å²) in [6.07, 6.45) is 5.28. The minimum atomic E-state index is 0.254. The minimum Gasteiger partial charge on any atom is -0.473 e. The summed E-state index contributed by atoms with van der Waals surface area (Å²) in [5.74, 6) is 0.322. The summed E-state index contributed by atoms with van der Waals surface area (Å²) >= 11 is 5.80. The Kier molecular flexibility index (Phi) is 11.0. The molecule has 0 fully saturated rings. The second kappa shape index (κ2) is 12.8. The first-order valence-corrected chi connectivity index (χ1v) is 7.55. The number of hydrogen-bond donors (Lipinski definition) is 0. The summed E-state index contributed by atoms with van der Waals surface area (Å²) in [7, 11) is 0. The fourth-order valence-electron chi connectivity index (χ4n) is 1.39. The van der Waals surface area contributed by atoms with Gasteiger partial charge in [0.25, 0.3) is 5.88 Å². The molecule has 0 atom stereocenters. The second-order valence-corrected chi connectivity index (χ2v) is 4.55. The third kappa shape index (κ3) is 9.57. The van der Waals surface area contributed by atoms with Gasteiger partial charge in [-0.25, -0.2) is 9.97 Å². The van der Waals surface area contributed by atoms with Gasteiger partial charge in [-0.1, -0.05) is 24.9 Å².